The van der Waals surface area contributed by atoms with Crippen LogP contribution in [0, 0.1) is 11.7 Å². The van der Waals surface area contributed by atoms with Crippen LogP contribution in [0.2, 0.25) is 0 Å². The summed E-state index contributed by atoms with van der Waals surface area (Å²) in [4.78, 5) is 2.39. The molecule has 1 unspecified atom stereocenters. The zero-order valence-electron chi connectivity index (χ0n) is 10.6. The highest BCUT2D eigenvalue weighted by Crippen LogP contribution is 2.30. The standard InChI is InChI=1S/C14H21FN2/c1-11(2)14(17-9-7-16-8-10-17)12-5-3-4-6-13(12)15/h3-6,11,14,16H,7-10H2,1-2H3. The number of hydrogen-bond donors (Lipinski definition) is 1. The molecule has 0 saturated carbocycles. The normalized spacial score (nSPS) is 19.5. The van der Waals surface area contributed by atoms with E-state index in [-0.39, 0.29) is 11.9 Å². The molecule has 2 rings (SSSR count). The quantitative estimate of drug-likeness (QED) is 0.867. The van der Waals surface area contributed by atoms with Gasteiger partial charge in [-0.2, -0.15) is 0 Å². The van der Waals surface area contributed by atoms with Gasteiger partial charge in [0.1, 0.15) is 5.82 Å². The van der Waals surface area contributed by atoms with Crippen LogP contribution >= 0.6 is 0 Å². The van der Waals surface area contributed by atoms with Crippen molar-refractivity contribution >= 4 is 0 Å². The summed E-state index contributed by atoms with van der Waals surface area (Å²) < 4.78 is 13.9. The van der Waals surface area contributed by atoms with Gasteiger partial charge in [-0.05, 0) is 12.0 Å². The van der Waals surface area contributed by atoms with Gasteiger partial charge < -0.3 is 5.32 Å². The zero-order valence-corrected chi connectivity index (χ0v) is 10.6. The van der Waals surface area contributed by atoms with Crippen LogP contribution in [0.25, 0.3) is 0 Å². The first kappa shape index (κ1) is 12.5. The molecule has 3 heteroatoms. The van der Waals surface area contributed by atoms with Gasteiger partial charge in [0.15, 0.2) is 0 Å². The number of nitrogens with zero attached hydrogens (tertiary/aromatic N) is 1. The molecule has 1 fully saturated rings. The van der Waals surface area contributed by atoms with Crippen molar-refractivity contribution in [2.24, 2.45) is 5.92 Å². The van der Waals surface area contributed by atoms with Gasteiger partial charge in [-0.15, -0.1) is 0 Å². The van der Waals surface area contributed by atoms with E-state index in [1.807, 2.05) is 12.1 Å². The van der Waals surface area contributed by atoms with Crippen LogP contribution in [0.3, 0.4) is 0 Å². The second kappa shape index (κ2) is 5.61. The number of benzene rings is 1. The second-order valence-electron chi connectivity index (χ2n) is 5.00. The van der Waals surface area contributed by atoms with Crippen molar-refractivity contribution in [3.63, 3.8) is 0 Å². The molecule has 1 aliphatic rings. The maximum Gasteiger partial charge on any atom is 0.127 e. The molecule has 1 saturated heterocycles. The van der Waals surface area contributed by atoms with Gasteiger partial charge in [-0.1, -0.05) is 32.0 Å². The molecule has 1 heterocycles. The third kappa shape index (κ3) is 2.85. The number of nitrogens with one attached hydrogen (secondary N) is 1. The Labute approximate surface area is 103 Å². The molecule has 1 aromatic rings. The third-order valence-corrected chi connectivity index (χ3v) is 3.40. The van der Waals surface area contributed by atoms with Crippen LogP contribution in [0.5, 0.6) is 0 Å². The molecular formula is C14H21FN2. The maximum atomic E-state index is 13.9. The summed E-state index contributed by atoms with van der Waals surface area (Å²) in [6, 6.07) is 7.36. The van der Waals surface area contributed by atoms with Crippen LogP contribution in [-0.2, 0) is 0 Å². The predicted molar refractivity (Wildman–Crippen MR) is 68.4 cm³/mol. The van der Waals surface area contributed by atoms with Gasteiger partial charge in [-0.25, -0.2) is 4.39 Å². The minimum atomic E-state index is -0.0790. The van der Waals surface area contributed by atoms with E-state index in [4.69, 9.17) is 0 Å². The highest BCUT2D eigenvalue weighted by molar-refractivity contribution is 5.22. The molecule has 17 heavy (non-hydrogen) atoms. The van der Waals surface area contributed by atoms with E-state index >= 15 is 0 Å². The van der Waals surface area contributed by atoms with Crippen LogP contribution < -0.4 is 5.32 Å². The van der Waals surface area contributed by atoms with Gasteiger partial charge in [0, 0.05) is 37.8 Å². The smallest absolute Gasteiger partial charge is 0.127 e. The molecule has 2 nitrogen and oxygen atoms in total. The fraction of sp³-hybridized carbons (Fsp3) is 0.571. The van der Waals surface area contributed by atoms with Crippen LogP contribution in [0.4, 0.5) is 4.39 Å². The summed E-state index contributed by atoms with van der Waals surface area (Å²) in [6.45, 7) is 8.32. The molecular weight excluding hydrogens is 215 g/mol. The molecule has 0 aromatic heterocycles. The van der Waals surface area contributed by atoms with E-state index in [0.717, 1.165) is 31.7 Å². The molecule has 1 atom stereocenters. The Kier molecular flexibility index (Phi) is 4.13. The topological polar surface area (TPSA) is 15.3 Å². The summed E-state index contributed by atoms with van der Waals surface area (Å²) in [7, 11) is 0. The van der Waals surface area contributed by atoms with Gasteiger partial charge in [-0.3, -0.25) is 4.90 Å². The third-order valence-electron chi connectivity index (χ3n) is 3.40. The highest BCUT2D eigenvalue weighted by Gasteiger charge is 2.26. The van der Waals surface area contributed by atoms with E-state index < -0.39 is 0 Å². The van der Waals surface area contributed by atoms with Crippen molar-refractivity contribution in [2.45, 2.75) is 19.9 Å². The Morgan fingerprint density at radius 3 is 2.41 bits per heavy atom. The first-order valence-electron chi connectivity index (χ1n) is 6.39. The summed E-state index contributed by atoms with van der Waals surface area (Å²) in [5, 5.41) is 3.34. The van der Waals surface area contributed by atoms with E-state index in [1.54, 1.807) is 12.1 Å². The van der Waals surface area contributed by atoms with Gasteiger partial charge >= 0.3 is 0 Å². The monoisotopic (exact) mass is 236 g/mol. The molecule has 0 radical (unpaired) electrons. The number of piperazine rings is 1. The van der Waals surface area contributed by atoms with Crippen LogP contribution in [0.15, 0.2) is 24.3 Å². The Balaban J connectivity index is 2.25. The first-order chi connectivity index (χ1) is 8.20. The fourth-order valence-corrected chi connectivity index (χ4v) is 2.65. The minimum Gasteiger partial charge on any atom is -0.314 e. The molecule has 1 aromatic carbocycles. The molecule has 0 amide bonds. The summed E-state index contributed by atoms with van der Waals surface area (Å²) >= 11 is 0. The lowest BCUT2D eigenvalue weighted by Crippen LogP contribution is -2.46. The maximum absolute atomic E-state index is 13.9. The number of hydrogen-bond acceptors (Lipinski definition) is 2. The van der Waals surface area contributed by atoms with Crippen LogP contribution in [-0.4, -0.2) is 31.1 Å². The molecule has 0 aliphatic carbocycles. The summed E-state index contributed by atoms with van der Waals surface area (Å²) in [6.07, 6.45) is 0. The van der Waals surface area contributed by atoms with E-state index in [2.05, 4.69) is 24.1 Å². The van der Waals surface area contributed by atoms with Gasteiger partial charge in [0.05, 0.1) is 0 Å². The Morgan fingerprint density at radius 1 is 1.18 bits per heavy atom. The van der Waals surface area contributed by atoms with Gasteiger partial charge in [0.2, 0.25) is 0 Å². The largest absolute Gasteiger partial charge is 0.314 e. The Bertz CT molecular complexity index is 359. The predicted octanol–water partition coefficient (Wildman–Crippen LogP) is 2.43. The number of rotatable bonds is 3. The lowest BCUT2D eigenvalue weighted by Gasteiger charge is -2.37. The van der Waals surface area contributed by atoms with Crippen molar-refractivity contribution in [3.8, 4) is 0 Å². The molecule has 0 bridgehead atoms. The fourth-order valence-electron chi connectivity index (χ4n) is 2.65. The van der Waals surface area contributed by atoms with Crippen molar-refractivity contribution in [2.75, 3.05) is 26.2 Å². The van der Waals surface area contributed by atoms with Crippen molar-refractivity contribution in [3.05, 3.63) is 35.6 Å². The second-order valence-corrected chi connectivity index (χ2v) is 5.00. The van der Waals surface area contributed by atoms with Crippen molar-refractivity contribution in [1.82, 2.24) is 10.2 Å². The summed E-state index contributed by atoms with van der Waals surface area (Å²) in [5.41, 5.74) is 0.837. The average Bonchev–Trinajstić information content (AvgIpc) is 2.33. The summed E-state index contributed by atoms with van der Waals surface area (Å²) in [5.74, 6) is 0.342. The lowest BCUT2D eigenvalue weighted by atomic mass is 9.93. The van der Waals surface area contributed by atoms with Crippen molar-refractivity contribution in [1.29, 1.82) is 0 Å². The minimum absolute atomic E-state index is 0.0790. The molecule has 94 valence electrons. The van der Waals surface area contributed by atoms with Crippen molar-refractivity contribution < 1.29 is 4.39 Å². The first-order valence-corrected chi connectivity index (χ1v) is 6.39. The Hall–Kier alpha value is -0.930. The van der Waals surface area contributed by atoms with E-state index in [0.29, 0.717) is 5.92 Å². The molecule has 1 N–H and O–H groups in total. The molecule has 0 spiro atoms. The highest BCUT2D eigenvalue weighted by atomic mass is 19.1. The van der Waals surface area contributed by atoms with E-state index in [1.165, 1.54) is 0 Å². The average molecular weight is 236 g/mol. The Morgan fingerprint density at radius 2 is 1.82 bits per heavy atom. The van der Waals surface area contributed by atoms with Crippen LogP contribution in [0.1, 0.15) is 25.5 Å². The SMILES string of the molecule is CC(C)C(c1ccccc1F)N1CCNCC1. The van der Waals surface area contributed by atoms with Gasteiger partial charge in [0.25, 0.3) is 0 Å². The molecule has 1 aliphatic heterocycles. The lowest BCUT2D eigenvalue weighted by molar-refractivity contribution is 0.134. The number of halogens is 1. The van der Waals surface area contributed by atoms with E-state index in [9.17, 15) is 4.39 Å². The zero-order chi connectivity index (χ0) is 12.3.